The van der Waals surface area contributed by atoms with E-state index in [1.165, 1.54) is 89.0 Å². The summed E-state index contributed by atoms with van der Waals surface area (Å²) < 4.78 is 2.22. The second kappa shape index (κ2) is 8.64. The van der Waals surface area contributed by atoms with E-state index in [1.54, 1.807) is 0 Å². The monoisotopic (exact) mass is 710 g/mol. The maximum Gasteiger partial charge on any atom is 0.0726 e. The van der Waals surface area contributed by atoms with Crippen LogP contribution in [0.3, 0.4) is 0 Å². The molecule has 214 valence electrons. The number of hydrogen-bond acceptors (Lipinski definition) is 0. The van der Waals surface area contributed by atoms with Crippen molar-refractivity contribution in [2.45, 2.75) is 10.8 Å². The van der Waals surface area contributed by atoms with Crippen LogP contribution in [0.4, 0.5) is 0 Å². The maximum absolute atomic E-state index is 3.88. The van der Waals surface area contributed by atoms with Crippen LogP contribution in [0.25, 0.3) is 44.5 Å². The Labute approximate surface area is 284 Å². The highest BCUT2D eigenvalue weighted by Crippen LogP contribution is 2.68. The minimum Gasteiger partial charge on any atom is -0.0619 e. The molecule has 0 fully saturated rings. The van der Waals surface area contributed by atoms with Gasteiger partial charge in [0.15, 0.2) is 0 Å². The molecule has 4 aliphatic rings. The summed E-state index contributed by atoms with van der Waals surface area (Å²) in [5.41, 5.74) is 20.8. The van der Waals surface area contributed by atoms with Crippen molar-refractivity contribution in [1.29, 1.82) is 0 Å². The van der Waals surface area contributed by atoms with Crippen LogP contribution in [-0.4, -0.2) is 0 Å². The molecular weight excluding hydrogens is 688 g/mol. The number of hydrogen-bond donors (Lipinski definition) is 0. The Morgan fingerprint density at radius 2 is 0.543 bits per heavy atom. The van der Waals surface area contributed by atoms with Gasteiger partial charge < -0.3 is 0 Å². The summed E-state index contributed by atoms with van der Waals surface area (Å²) in [6, 6.07) is 55.2. The van der Waals surface area contributed by atoms with Crippen LogP contribution < -0.4 is 0 Å². The average molecular weight is 712 g/mol. The minimum absolute atomic E-state index is 0.395. The van der Waals surface area contributed by atoms with Crippen molar-refractivity contribution < 1.29 is 0 Å². The van der Waals surface area contributed by atoms with Gasteiger partial charge in [0.05, 0.1) is 10.8 Å². The van der Waals surface area contributed by atoms with Crippen molar-refractivity contribution in [3.8, 4) is 44.5 Å². The lowest BCUT2D eigenvalue weighted by Gasteiger charge is -2.32. The third-order valence-corrected chi connectivity index (χ3v) is 12.2. The Morgan fingerprint density at radius 1 is 0.261 bits per heavy atom. The van der Waals surface area contributed by atoms with Crippen molar-refractivity contribution in [2.75, 3.05) is 0 Å². The van der Waals surface area contributed by atoms with Crippen LogP contribution in [0.1, 0.15) is 44.5 Å². The molecule has 0 aromatic heterocycles. The first-order valence-corrected chi connectivity index (χ1v) is 17.4. The highest BCUT2D eigenvalue weighted by atomic mass is 79.9. The van der Waals surface area contributed by atoms with Gasteiger partial charge in [0.1, 0.15) is 0 Å². The molecule has 0 saturated heterocycles. The van der Waals surface area contributed by atoms with Crippen molar-refractivity contribution in [3.63, 3.8) is 0 Å². The first kappa shape index (κ1) is 25.7. The molecule has 0 unspecified atom stereocenters. The molecule has 7 aromatic rings. The Bertz CT molecular complexity index is 2250. The summed E-state index contributed by atoms with van der Waals surface area (Å²) in [7, 11) is 0. The first-order chi connectivity index (χ1) is 22.6. The fourth-order valence-corrected chi connectivity index (χ4v) is 10.4. The normalized spacial score (nSPS) is 15.5. The van der Waals surface area contributed by atoms with Crippen LogP contribution >= 0.6 is 31.9 Å². The molecular formula is C44H24Br2. The van der Waals surface area contributed by atoms with Crippen molar-refractivity contribution in [1.82, 2.24) is 0 Å². The SMILES string of the molecule is Brc1ccc2c(c1)C1(c3ccccc3-c3ccccc31)c1cc3c(cc1-2)C1(c2ccccc2-c2ccccc21)c1cc(Br)ccc1-3. The molecule has 2 spiro atoms. The predicted molar refractivity (Wildman–Crippen MR) is 194 cm³/mol. The highest BCUT2D eigenvalue weighted by molar-refractivity contribution is 9.10. The average Bonchev–Trinajstić information content (AvgIpc) is 3.75. The summed E-state index contributed by atoms with van der Waals surface area (Å²) in [6.45, 7) is 0. The molecule has 46 heavy (non-hydrogen) atoms. The van der Waals surface area contributed by atoms with E-state index in [0.717, 1.165) is 8.95 Å². The van der Waals surface area contributed by atoms with Crippen LogP contribution in [0.5, 0.6) is 0 Å². The zero-order valence-corrected chi connectivity index (χ0v) is 27.8. The van der Waals surface area contributed by atoms with Gasteiger partial charge in [-0.15, -0.1) is 0 Å². The summed E-state index contributed by atoms with van der Waals surface area (Å²) in [4.78, 5) is 0. The highest BCUT2D eigenvalue weighted by Gasteiger charge is 2.56. The van der Waals surface area contributed by atoms with Gasteiger partial charge in [-0.25, -0.2) is 0 Å². The summed E-state index contributed by atoms with van der Waals surface area (Å²) in [5, 5.41) is 0. The molecule has 0 heterocycles. The van der Waals surface area contributed by atoms with Crippen molar-refractivity contribution in [2.24, 2.45) is 0 Å². The number of fused-ring (bicyclic) bond motifs is 20. The Kier molecular flexibility index (Phi) is 4.82. The lowest BCUT2D eigenvalue weighted by Crippen LogP contribution is -2.27. The summed E-state index contributed by atoms with van der Waals surface area (Å²) in [5.74, 6) is 0. The fourth-order valence-electron chi connectivity index (χ4n) is 9.71. The van der Waals surface area contributed by atoms with Crippen LogP contribution in [-0.2, 0) is 10.8 Å². The molecule has 0 N–H and O–H groups in total. The molecule has 0 aliphatic heterocycles. The zero-order valence-electron chi connectivity index (χ0n) is 24.6. The fraction of sp³-hybridized carbons (Fsp3) is 0.0455. The largest absolute Gasteiger partial charge is 0.0726 e. The lowest BCUT2D eigenvalue weighted by atomic mass is 9.68. The molecule has 0 atom stereocenters. The molecule has 0 nitrogen and oxygen atoms in total. The Hall–Kier alpha value is -4.50. The van der Waals surface area contributed by atoms with Crippen molar-refractivity contribution in [3.05, 3.63) is 199 Å². The van der Waals surface area contributed by atoms with Gasteiger partial charge in [-0.05, 0) is 125 Å². The predicted octanol–water partition coefficient (Wildman–Crippen LogP) is 11.9. The maximum atomic E-state index is 3.88. The van der Waals surface area contributed by atoms with E-state index < -0.39 is 10.8 Å². The van der Waals surface area contributed by atoms with E-state index >= 15 is 0 Å². The lowest BCUT2D eigenvalue weighted by molar-refractivity contribution is 0.783. The Balaban J connectivity index is 1.33. The summed E-state index contributed by atoms with van der Waals surface area (Å²) >= 11 is 7.76. The van der Waals surface area contributed by atoms with E-state index in [2.05, 4.69) is 177 Å². The number of halogens is 2. The van der Waals surface area contributed by atoms with E-state index in [9.17, 15) is 0 Å². The van der Waals surface area contributed by atoms with Crippen LogP contribution in [0, 0.1) is 0 Å². The second-order valence-corrected chi connectivity index (χ2v) is 14.8. The second-order valence-electron chi connectivity index (χ2n) is 13.0. The minimum atomic E-state index is -0.395. The van der Waals surface area contributed by atoms with Gasteiger partial charge in [-0.3, -0.25) is 0 Å². The van der Waals surface area contributed by atoms with Gasteiger partial charge in [0.2, 0.25) is 0 Å². The van der Waals surface area contributed by atoms with Crippen LogP contribution in [0.15, 0.2) is 155 Å². The third kappa shape index (κ3) is 2.77. The van der Waals surface area contributed by atoms with E-state index in [1.807, 2.05) is 0 Å². The molecule has 11 rings (SSSR count). The molecule has 4 aliphatic carbocycles. The first-order valence-electron chi connectivity index (χ1n) is 15.8. The topological polar surface area (TPSA) is 0 Å². The smallest absolute Gasteiger partial charge is 0.0619 e. The van der Waals surface area contributed by atoms with E-state index in [-0.39, 0.29) is 0 Å². The number of benzene rings is 7. The van der Waals surface area contributed by atoms with Gasteiger partial charge in [0, 0.05) is 8.95 Å². The quantitative estimate of drug-likeness (QED) is 0.147. The number of rotatable bonds is 0. The molecule has 7 aromatic carbocycles. The van der Waals surface area contributed by atoms with Gasteiger partial charge >= 0.3 is 0 Å². The van der Waals surface area contributed by atoms with E-state index in [0.29, 0.717) is 0 Å². The molecule has 0 amide bonds. The van der Waals surface area contributed by atoms with Crippen LogP contribution in [0.2, 0.25) is 0 Å². The van der Waals surface area contributed by atoms with Crippen molar-refractivity contribution >= 4 is 31.9 Å². The summed E-state index contributed by atoms with van der Waals surface area (Å²) in [6.07, 6.45) is 0. The van der Waals surface area contributed by atoms with Gasteiger partial charge in [-0.2, -0.15) is 0 Å². The van der Waals surface area contributed by atoms with E-state index in [4.69, 9.17) is 0 Å². The molecule has 0 saturated carbocycles. The third-order valence-electron chi connectivity index (χ3n) is 11.2. The van der Waals surface area contributed by atoms with Gasteiger partial charge in [0.25, 0.3) is 0 Å². The molecule has 0 bridgehead atoms. The zero-order chi connectivity index (χ0) is 30.4. The molecule has 0 radical (unpaired) electrons. The molecule has 2 heteroatoms. The Morgan fingerprint density at radius 3 is 0.891 bits per heavy atom. The van der Waals surface area contributed by atoms with Gasteiger partial charge in [-0.1, -0.05) is 141 Å². The standard InChI is InChI=1S/C44H24Br2/c45-25-17-19-31-33-24-42-34(23-41(33)43(39(31)21-25)35-13-5-1-9-27(35)28-10-2-6-14-36(28)43)32-20-18-26(46)22-40(32)44(42)37-15-7-3-11-29(37)30-12-4-8-16-38(30)44/h1-24H.